The molecule has 1 aliphatic heterocycles. The van der Waals surface area contributed by atoms with Gasteiger partial charge >= 0.3 is 0 Å². The maximum Gasteiger partial charge on any atom is 0.274 e. The normalized spacial score (nSPS) is 20.1. The lowest BCUT2D eigenvalue weighted by molar-refractivity contribution is -0.134. The van der Waals surface area contributed by atoms with E-state index in [4.69, 9.17) is 9.26 Å². The van der Waals surface area contributed by atoms with Gasteiger partial charge in [0.05, 0.1) is 49.0 Å². The molecule has 2 aromatic rings. The van der Waals surface area contributed by atoms with Crippen molar-refractivity contribution in [3.63, 3.8) is 0 Å². The summed E-state index contributed by atoms with van der Waals surface area (Å²) in [5.41, 5.74) is 2.17. The van der Waals surface area contributed by atoms with Gasteiger partial charge in [0.15, 0.2) is 23.0 Å². The first-order valence-electron chi connectivity index (χ1n) is 15.9. The molecule has 11 nitrogen and oxygen atoms in total. The molecular weight excluding hydrogens is 582 g/mol. The van der Waals surface area contributed by atoms with Crippen molar-refractivity contribution in [2.75, 3.05) is 26.3 Å². The van der Waals surface area contributed by atoms with Crippen molar-refractivity contribution in [1.29, 1.82) is 0 Å². The summed E-state index contributed by atoms with van der Waals surface area (Å²) >= 11 is 1.43. The second-order valence-corrected chi connectivity index (χ2v) is 14.2. The van der Waals surface area contributed by atoms with Crippen LogP contribution in [0.3, 0.4) is 0 Å². The molecule has 2 saturated carbocycles. The van der Waals surface area contributed by atoms with Gasteiger partial charge in [-0.15, -0.1) is 11.3 Å². The highest BCUT2D eigenvalue weighted by atomic mass is 32.1. The third kappa shape index (κ3) is 9.04. The maximum atomic E-state index is 13.8. The van der Waals surface area contributed by atoms with Crippen LogP contribution in [0.2, 0.25) is 0 Å². The predicted octanol–water partition coefficient (Wildman–Crippen LogP) is 3.58. The number of morpholine rings is 1. The van der Waals surface area contributed by atoms with Gasteiger partial charge in [0, 0.05) is 42.8 Å². The number of hydrogen-bond donors (Lipinski definition) is 2. The van der Waals surface area contributed by atoms with Gasteiger partial charge in [0.2, 0.25) is 5.91 Å². The molecule has 0 spiro atoms. The van der Waals surface area contributed by atoms with Crippen LogP contribution >= 0.6 is 11.3 Å². The van der Waals surface area contributed by atoms with Crippen molar-refractivity contribution in [3.05, 3.63) is 34.1 Å². The number of thiazole rings is 1. The van der Waals surface area contributed by atoms with Crippen LogP contribution in [-0.2, 0) is 32.1 Å². The smallest absolute Gasteiger partial charge is 0.274 e. The molecule has 2 aliphatic carbocycles. The number of carbonyl (C=O) groups is 4. The molecule has 3 fully saturated rings. The average molecular weight is 628 g/mol. The van der Waals surface area contributed by atoms with Crippen molar-refractivity contribution >= 4 is 34.7 Å². The van der Waals surface area contributed by atoms with E-state index >= 15 is 0 Å². The molecule has 12 heteroatoms. The van der Waals surface area contributed by atoms with E-state index in [1.54, 1.807) is 11.6 Å². The first-order valence-corrected chi connectivity index (χ1v) is 16.8. The summed E-state index contributed by atoms with van der Waals surface area (Å²) in [5.74, 6) is -0.503. The number of ketones is 2. The number of carbonyl (C=O) groups excluding carboxylic acids is 4. The highest BCUT2D eigenvalue weighted by molar-refractivity contribution is 7.07. The summed E-state index contributed by atoms with van der Waals surface area (Å²) in [5, 5.41) is 11.8. The van der Waals surface area contributed by atoms with Crippen LogP contribution in [0, 0.1) is 23.2 Å². The monoisotopic (exact) mass is 627 g/mol. The van der Waals surface area contributed by atoms with Crippen LogP contribution in [0.1, 0.15) is 87.7 Å². The van der Waals surface area contributed by atoms with E-state index in [-0.39, 0.29) is 47.3 Å². The maximum absolute atomic E-state index is 13.8. The molecule has 2 amide bonds. The molecule has 0 radical (unpaired) electrons. The number of Topliss-reactive ketones (excluding diaryl/α,β-unsaturated/α-hetero) is 2. The third-order valence-electron chi connectivity index (χ3n) is 8.93. The summed E-state index contributed by atoms with van der Waals surface area (Å²) in [7, 11) is 0. The van der Waals surface area contributed by atoms with Gasteiger partial charge in [0.25, 0.3) is 5.91 Å². The Bertz CT molecular complexity index is 1300. The Morgan fingerprint density at radius 3 is 2.50 bits per heavy atom. The summed E-state index contributed by atoms with van der Waals surface area (Å²) in [6.07, 6.45) is 4.95. The lowest BCUT2D eigenvalue weighted by atomic mass is 9.88. The minimum atomic E-state index is -0.751. The van der Waals surface area contributed by atoms with E-state index in [1.165, 1.54) is 11.3 Å². The number of ether oxygens (including phenoxy) is 1. The van der Waals surface area contributed by atoms with E-state index < -0.39 is 23.9 Å². The molecular formula is C32H45N5O6S. The third-order valence-corrected chi connectivity index (χ3v) is 9.56. The summed E-state index contributed by atoms with van der Waals surface area (Å²) in [6, 6.07) is 0.274. The van der Waals surface area contributed by atoms with Gasteiger partial charge in [-0.3, -0.25) is 24.1 Å². The number of aromatic nitrogens is 2. The molecule has 0 bridgehead atoms. The molecule has 3 atom stereocenters. The summed E-state index contributed by atoms with van der Waals surface area (Å²) in [4.78, 5) is 60.6. The van der Waals surface area contributed by atoms with E-state index in [1.807, 2.05) is 26.2 Å². The Labute approximate surface area is 262 Å². The van der Waals surface area contributed by atoms with Gasteiger partial charge in [-0.2, -0.15) is 0 Å². The molecule has 0 unspecified atom stereocenters. The Hall–Kier alpha value is -2.96. The molecule has 0 aromatic carbocycles. The standard InChI is InChI=1S/C32H45N5O6S/c1-20(2)12-26(29(39)32(3)6-7-32)35-30(40)22(14-23-18-44-19-33-23)15-28(38)25(13-21-4-5-21)34-31(41)27-16-24(43-36-27)17-37-8-10-42-11-9-37/h16,18-22,25-26H,4-15,17H2,1-3H3,(H,34,41)(H,35,40)/t22-,25+,26+/m1/s1. The second-order valence-electron chi connectivity index (χ2n) is 13.4. The van der Waals surface area contributed by atoms with Crippen molar-refractivity contribution < 1.29 is 28.4 Å². The Balaban J connectivity index is 1.26. The average Bonchev–Trinajstić information content (AvgIpc) is 3.84. The number of rotatable bonds is 17. The fourth-order valence-electron chi connectivity index (χ4n) is 5.74. The van der Waals surface area contributed by atoms with Crippen LogP contribution in [0.15, 0.2) is 21.5 Å². The number of amides is 2. The highest BCUT2D eigenvalue weighted by Gasteiger charge is 2.48. The van der Waals surface area contributed by atoms with E-state index in [9.17, 15) is 19.2 Å². The van der Waals surface area contributed by atoms with Gasteiger partial charge in [-0.25, -0.2) is 4.98 Å². The minimum absolute atomic E-state index is 0.0674. The zero-order chi connectivity index (χ0) is 31.3. The highest BCUT2D eigenvalue weighted by Crippen LogP contribution is 2.47. The molecule has 44 heavy (non-hydrogen) atoms. The number of nitrogens with zero attached hydrogens (tertiary/aromatic N) is 3. The van der Waals surface area contributed by atoms with Crippen molar-refractivity contribution in [1.82, 2.24) is 25.7 Å². The van der Waals surface area contributed by atoms with Crippen molar-refractivity contribution in [2.45, 2.75) is 90.8 Å². The fourth-order valence-corrected chi connectivity index (χ4v) is 6.32. The van der Waals surface area contributed by atoms with E-state index in [0.29, 0.717) is 44.3 Å². The zero-order valence-corrected chi connectivity index (χ0v) is 26.8. The van der Waals surface area contributed by atoms with Crippen LogP contribution in [0.25, 0.3) is 0 Å². The lowest BCUT2D eigenvalue weighted by Gasteiger charge is -2.26. The van der Waals surface area contributed by atoms with E-state index in [0.717, 1.165) is 44.5 Å². The predicted molar refractivity (Wildman–Crippen MR) is 164 cm³/mol. The van der Waals surface area contributed by atoms with Crippen molar-refractivity contribution in [3.8, 4) is 0 Å². The Morgan fingerprint density at radius 2 is 1.86 bits per heavy atom. The molecule has 2 N–H and O–H groups in total. The molecule has 3 aliphatic rings. The molecule has 2 aromatic heterocycles. The van der Waals surface area contributed by atoms with Crippen LogP contribution in [-0.4, -0.2) is 76.8 Å². The molecule has 1 saturated heterocycles. The van der Waals surface area contributed by atoms with E-state index in [2.05, 4.69) is 25.7 Å². The fraction of sp³-hybridized carbons (Fsp3) is 0.688. The molecule has 5 rings (SSSR count). The zero-order valence-electron chi connectivity index (χ0n) is 26.0. The molecule has 3 heterocycles. The van der Waals surface area contributed by atoms with Gasteiger partial charge in [-0.1, -0.05) is 38.8 Å². The minimum Gasteiger partial charge on any atom is -0.379 e. The molecule has 240 valence electrons. The summed E-state index contributed by atoms with van der Waals surface area (Å²) in [6.45, 7) is 9.41. The first-order chi connectivity index (χ1) is 21.1. The first kappa shape index (κ1) is 32.4. The van der Waals surface area contributed by atoms with Gasteiger partial charge in [-0.05, 0) is 37.5 Å². The SMILES string of the molecule is CC(C)C[C@H](NC(=O)[C@@H](CC(=O)[C@H](CC1CC1)NC(=O)c1cc(CN2CCOCC2)on1)Cc1cscn1)C(=O)C1(C)CC1. The largest absolute Gasteiger partial charge is 0.379 e. The van der Waals surface area contributed by atoms with Crippen molar-refractivity contribution in [2.24, 2.45) is 23.2 Å². The topological polar surface area (TPSA) is 144 Å². The van der Waals surface area contributed by atoms with Crippen LogP contribution in [0.4, 0.5) is 0 Å². The number of hydrogen-bond acceptors (Lipinski definition) is 10. The van der Waals surface area contributed by atoms with Crippen LogP contribution < -0.4 is 10.6 Å². The Morgan fingerprint density at radius 1 is 1.11 bits per heavy atom. The van der Waals surface area contributed by atoms with Gasteiger partial charge < -0.3 is 19.9 Å². The van der Waals surface area contributed by atoms with Crippen LogP contribution in [0.5, 0.6) is 0 Å². The van der Waals surface area contributed by atoms with Gasteiger partial charge in [0.1, 0.15) is 0 Å². The second kappa shape index (κ2) is 14.4. The lowest BCUT2D eigenvalue weighted by Crippen LogP contribution is -2.48. The number of nitrogens with one attached hydrogen (secondary N) is 2. The quantitative estimate of drug-likeness (QED) is 0.269. The Kier molecular flexibility index (Phi) is 10.6. The summed E-state index contributed by atoms with van der Waals surface area (Å²) < 4.78 is 10.8.